The number of rotatable bonds is 0. The summed E-state index contributed by atoms with van der Waals surface area (Å²) in [7, 11) is 2.17. The summed E-state index contributed by atoms with van der Waals surface area (Å²) in [5, 5.41) is 5.46. The SMILES string of the molecule is Cc1ccc2c(c1)c1cc3c(cc1n2C)sc1ccccc13. The van der Waals surface area contributed by atoms with E-state index in [-0.39, 0.29) is 0 Å². The van der Waals surface area contributed by atoms with Gasteiger partial charge >= 0.3 is 0 Å². The van der Waals surface area contributed by atoms with Gasteiger partial charge in [-0.3, -0.25) is 0 Å². The lowest BCUT2D eigenvalue weighted by Crippen LogP contribution is -1.85. The van der Waals surface area contributed by atoms with Crippen LogP contribution in [0.5, 0.6) is 0 Å². The number of fused-ring (bicyclic) bond motifs is 6. The van der Waals surface area contributed by atoms with Crippen LogP contribution in [-0.2, 0) is 7.05 Å². The Labute approximate surface area is 132 Å². The maximum Gasteiger partial charge on any atom is 0.0503 e. The van der Waals surface area contributed by atoms with Crippen molar-refractivity contribution < 1.29 is 0 Å². The summed E-state index contributed by atoms with van der Waals surface area (Å²) in [6, 6.07) is 20.2. The highest BCUT2D eigenvalue weighted by atomic mass is 32.1. The molecule has 0 saturated carbocycles. The van der Waals surface area contributed by atoms with Crippen LogP contribution in [0, 0.1) is 6.92 Å². The predicted molar refractivity (Wildman–Crippen MR) is 98.1 cm³/mol. The molecule has 0 fully saturated rings. The molecule has 0 radical (unpaired) electrons. The van der Waals surface area contributed by atoms with E-state index in [1.54, 1.807) is 0 Å². The van der Waals surface area contributed by atoms with Crippen molar-refractivity contribution in [1.82, 2.24) is 4.57 Å². The average molecular weight is 301 g/mol. The topological polar surface area (TPSA) is 4.93 Å². The largest absolute Gasteiger partial charge is 0.344 e. The van der Waals surface area contributed by atoms with E-state index in [0.29, 0.717) is 0 Å². The van der Waals surface area contributed by atoms with E-state index in [2.05, 4.69) is 73.1 Å². The lowest BCUT2D eigenvalue weighted by molar-refractivity contribution is 1.01. The highest BCUT2D eigenvalue weighted by Gasteiger charge is 2.12. The second kappa shape index (κ2) is 4.11. The standard InChI is InChI=1S/C20H15NS/c1-12-7-8-17-14(9-12)15-10-16-13-5-3-4-6-19(13)22-20(16)11-18(15)21(17)2/h3-11H,1-2H3. The first-order chi connectivity index (χ1) is 10.7. The zero-order valence-corrected chi connectivity index (χ0v) is 13.4. The molecule has 0 saturated heterocycles. The summed E-state index contributed by atoms with van der Waals surface area (Å²) in [4.78, 5) is 0. The van der Waals surface area contributed by atoms with E-state index in [4.69, 9.17) is 0 Å². The molecule has 0 N–H and O–H groups in total. The fourth-order valence-corrected chi connectivity index (χ4v) is 4.66. The second-order valence-electron chi connectivity index (χ2n) is 6.04. The molecule has 0 amide bonds. The Morgan fingerprint density at radius 1 is 0.727 bits per heavy atom. The average Bonchev–Trinajstić information content (AvgIpc) is 3.02. The van der Waals surface area contributed by atoms with Crippen LogP contribution in [0.4, 0.5) is 0 Å². The number of benzene rings is 3. The van der Waals surface area contributed by atoms with Crippen LogP contribution in [-0.4, -0.2) is 4.57 Å². The first-order valence-electron chi connectivity index (χ1n) is 7.52. The summed E-state index contributed by atoms with van der Waals surface area (Å²) < 4.78 is 5.05. The van der Waals surface area contributed by atoms with E-state index in [1.807, 2.05) is 11.3 Å². The molecule has 0 aliphatic carbocycles. The third kappa shape index (κ3) is 1.48. The van der Waals surface area contributed by atoms with Gasteiger partial charge in [0.25, 0.3) is 0 Å². The van der Waals surface area contributed by atoms with Crippen molar-refractivity contribution in [2.24, 2.45) is 7.05 Å². The molecule has 3 aromatic carbocycles. The zero-order valence-electron chi connectivity index (χ0n) is 12.6. The third-order valence-corrected chi connectivity index (χ3v) is 5.79. The van der Waals surface area contributed by atoms with Gasteiger partial charge in [-0.25, -0.2) is 0 Å². The number of hydrogen-bond donors (Lipinski definition) is 0. The minimum atomic E-state index is 1.31. The summed E-state index contributed by atoms with van der Waals surface area (Å²) in [5.41, 5.74) is 3.94. The molecule has 0 unspecified atom stereocenters. The van der Waals surface area contributed by atoms with E-state index in [9.17, 15) is 0 Å². The molecule has 0 bridgehead atoms. The lowest BCUT2D eigenvalue weighted by Gasteiger charge is -1.98. The molecule has 0 atom stereocenters. The molecule has 2 heterocycles. The Hall–Kier alpha value is -2.32. The molecule has 5 aromatic rings. The molecule has 22 heavy (non-hydrogen) atoms. The Morgan fingerprint density at radius 3 is 2.45 bits per heavy atom. The lowest BCUT2D eigenvalue weighted by atomic mass is 10.1. The van der Waals surface area contributed by atoms with Gasteiger partial charge in [-0.05, 0) is 37.3 Å². The summed E-state index contributed by atoms with van der Waals surface area (Å²) in [5.74, 6) is 0. The van der Waals surface area contributed by atoms with E-state index >= 15 is 0 Å². The van der Waals surface area contributed by atoms with Crippen LogP contribution in [0.3, 0.4) is 0 Å². The molecular weight excluding hydrogens is 286 g/mol. The van der Waals surface area contributed by atoms with Crippen molar-refractivity contribution in [3.8, 4) is 0 Å². The number of nitrogens with zero attached hydrogens (tertiary/aromatic N) is 1. The molecular formula is C20H15NS. The Balaban J connectivity index is 2.06. The highest BCUT2D eigenvalue weighted by molar-refractivity contribution is 7.25. The van der Waals surface area contributed by atoms with Crippen LogP contribution >= 0.6 is 11.3 Å². The maximum absolute atomic E-state index is 2.38. The predicted octanol–water partition coefficient (Wildman–Crippen LogP) is 6.01. The Kier molecular flexibility index (Phi) is 2.29. The van der Waals surface area contributed by atoms with Crippen molar-refractivity contribution >= 4 is 53.3 Å². The molecule has 0 aliphatic rings. The summed E-state index contributed by atoms with van der Waals surface area (Å²) in [6.45, 7) is 2.16. The fourth-order valence-electron chi connectivity index (χ4n) is 3.54. The monoisotopic (exact) mass is 301 g/mol. The van der Waals surface area contributed by atoms with Crippen molar-refractivity contribution in [3.05, 3.63) is 60.2 Å². The molecule has 2 heteroatoms. The smallest absolute Gasteiger partial charge is 0.0503 e. The number of aryl methyl sites for hydroxylation is 2. The minimum Gasteiger partial charge on any atom is -0.344 e. The van der Waals surface area contributed by atoms with Gasteiger partial charge in [0.05, 0.1) is 5.52 Å². The highest BCUT2D eigenvalue weighted by Crippen LogP contribution is 2.39. The normalized spacial score (nSPS) is 12.1. The third-order valence-electron chi connectivity index (χ3n) is 4.66. The van der Waals surface area contributed by atoms with Crippen molar-refractivity contribution in [2.75, 3.05) is 0 Å². The van der Waals surface area contributed by atoms with E-state index in [0.717, 1.165) is 0 Å². The maximum atomic E-state index is 2.38. The Morgan fingerprint density at radius 2 is 1.55 bits per heavy atom. The van der Waals surface area contributed by atoms with Gasteiger partial charge in [-0.1, -0.05) is 29.8 Å². The van der Waals surface area contributed by atoms with Gasteiger partial charge in [-0.2, -0.15) is 0 Å². The van der Waals surface area contributed by atoms with Crippen molar-refractivity contribution in [1.29, 1.82) is 0 Å². The Bertz CT molecular complexity index is 1190. The van der Waals surface area contributed by atoms with Gasteiger partial charge in [0.1, 0.15) is 0 Å². The molecule has 106 valence electrons. The van der Waals surface area contributed by atoms with Gasteiger partial charge < -0.3 is 4.57 Å². The van der Waals surface area contributed by atoms with Crippen molar-refractivity contribution in [3.63, 3.8) is 0 Å². The van der Waals surface area contributed by atoms with E-state index in [1.165, 1.54) is 47.5 Å². The molecule has 0 aliphatic heterocycles. The zero-order chi connectivity index (χ0) is 14.8. The molecule has 1 nitrogen and oxygen atoms in total. The summed E-state index contributed by atoms with van der Waals surface area (Å²) >= 11 is 1.88. The molecule has 5 rings (SSSR count). The van der Waals surface area contributed by atoms with Crippen LogP contribution in [0.2, 0.25) is 0 Å². The quantitative estimate of drug-likeness (QED) is 0.330. The number of thiophene rings is 1. The number of aromatic nitrogens is 1. The first-order valence-corrected chi connectivity index (χ1v) is 8.34. The minimum absolute atomic E-state index is 1.31. The van der Waals surface area contributed by atoms with E-state index < -0.39 is 0 Å². The van der Waals surface area contributed by atoms with Gasteiger partial charge in [-0.15, -0.1) is 11.3 Å². The van der Waals surface area contributed by atoms with Crippen molar-refractivity contribution in [2.45, 2.75) is 6.92 Å². The molecule has 2 aromatic heterocycles. The first kappa shape index (κ1) is 12.2. The van der Waals surface area contributed by atoms with Crippen LogP contribution in [0.25, 0.3) is 42.0 Å². The molecule has 0 spiro atoms. The van der Waals surface area contributed by atoms with Crippen LogP contribution in [0.1, 0.15) is 5.56 Å². The fraction of sp³-hybridized carbons (Fsp3) is 0.100. The summed E-state index contributed by atoms with van der Waals surface area (Å²) in [6.07, 6.45) is 0. The second-order valence-corrected chi connectivity index (χ2v) is 7.13. The number of hydrogen-bond acceptors (Lipinski definition) is 1. The van der Waals surface area contributed by atoms with Gasteiger partial charge in [0.2, 0.25) is 0 Å². The van der Waals surface area contributed by atoms with Crippen LogP contribution in [0.15, 0.2) is 54.6 Å². The van der Waals surface area contributed by atoms with Crippen LogP contribution < -0.4 is 0 Å². The van der Waals surface area contributed by atoms with Gasteiger partial charge in [0.15, 0.2) is 0 Å². The van der Waals surface area contributed by atoms with Gasteiger partial charge in [0, 0.05) is 43.5 Å².